The second kappa shape index (κ2) is 11.6. The van der Waals surface area contributed by atoms with Gasteiger partial charge in [-0.2, -0.15) is 0 Å². The second-order valence-corrected chi connectivity index (χ2v) is 7.44. The molecular weight excluding hydrogens is 422 g/mol. The van der Waals surface area contributed by atoms with E-state index in [1.165, 1.54) is 0 Å². The van der Waals surface area contributed by atoms with Crippen molar-refractivity contribution in [3.63, 3.8) is 0 Å². The van der Waals surface area contributed by atoms with E-state index in [1.54, 1.807) is 48.5 Å². The molecule has 3 rings (SSSR count). The van der Waals surface area contributed by atoms with Crippen LogP contribution < -0.4 is 20.7 Å². The van der Waals surface area contributed by atoms with E-state index in [1.807, 2.05) is 37.3 Å². The van der Waals surface area contributed by atoms with E-state index < -0.39 is 0 Å². The zero-order valence-electron chi connectivity index (χ0n) is 17.8. The van der Waals surface area contributed by atoms with E-state index in [0.29, 0.717) is 35.7 Å². The van der Waals surface area contributed by atoms with Gasteiger partial charge in [0.15, 0.2) is 5.11 Å². The van der Waals surface area contributed by atoms with Crippen LogP contribution in [0.1, 0.15) is 39.6 Å². The van der Waals surface area contributed by atoms with Crippen molar-refractivity contribution < 1.29 is 14.3 Å². The summed E-state index contributed by atoms with van der Waals surface area (Å²) in [4.78, 5) is 24.9. The van der Waals surface area contributed by atoms with Gasteiger partial charge in [-0.3, -0.25) is 14.9 Å². The summed E-state index contributed by atoms with van der Waals surface area (Å²) in [5, 5.41) is 8.62. The topological polar surface area (TPSA) is 79.5 Å². The lowest BCUT2D eigenvalue weighted by Gasteiger charge is -2.11. The minimum absolute atomic E-state index is 0.142. The zero-order valence-corrected chi connectivity index (χ0v) is 18.6. The number of rotatable bonds is 8. The Morgan fingerprint density at radius 2 is 1.62 bits per heavy atom. The molecular formula is C25H25N3O3S. The molecule has 0 fully saturated rings. The molecule has 32 heavy (non-hydrogen) atoms. The highest BCUT2D eigenvalue weighted by molar-refractivity contribution is 7.80. The first-order chi connectivity index (χ1) is 15.5. The molecule has 3 aromatic rings. The molecule has 2 amide bonds. The molecule has 3 N–H and O–H groups in total. The number of anilines is 1. The van der Waals surface area contributed by atoms with E-state index in [4.69, 9.17) is 17.0 Å². The van der Waals surface area contributed by atoms with Crippen LogP contribution in [-0.2, 0) is 6.54 Å². The van der Waals surface area contributed by atoms with Crippen LogP contribution in [0.15, 0.2) is 78.9 Å². The molecule has 0 saturated carbocycles. The Bertz CT molecular complexity index is 1070. The normalized spacial score (nSPS) is 10.2. The van der Waals surface area contributed by atoms with Crippen LogP contribution in [0.5, 0.6) is 5.75 Å². The lowest BCUT2D eigenvalue weighted by Crippen LogP contribution is -2.34. The van der Waals surface area contributed by atoms with Gasteiger partial charge in [-0.05, 0) is 66.7 Å². The summed E-state index contributed by atoms with van der Waals surface area (Å²) in [6.45, 7) is 3.10. The van der Waals surface area contributed by atoms with Gasteiger partial charge in [0.05, 0.1) is 6.61 Å². The predicted octanol–water partition coefficient (Wildman–Crippen LogP) is 4.53. The van der Waals surface area contributed by atoms with Gasteiger partial charge < -0.3 is 15.4 Å². The fourth-order valence-electron chi connectivity index (χ4n) is 2.88. The summed E-state index contributed by atoms with van der Waals surface area (Å²) in [5.41, 5.74) is 2.57. The Hall–Kier alpha value is -3.71. The molecule has 7 heteroatoms. The van der Waals surface area contributed by atoms with E-state index in [9.17, 15) is 9.59 Å². The third kappa shape index (κ3) is 6.92. The van der Waals surface area contributed by atoms with E-state index >= 15 is 0 Å². The van der Waals surface area contributed by atoms with Crippen LogP contribution >= 0.6 is 12.2 Å². The number of carbonyl (C=O) groups excluding carboxylic acids is 2. The lowest BCUT2D eigenvalue weighted by atomic mass is 10.1. The van der Waals surface area contributed by atoms with Crippen LogP contribution in [0.25, 0.3) is 0 Å². The van der Waals surface area contributed by atoms with E-state index in [2.05, 4.69) is 16.0 Å². The Labute approximate surface area is 193 Å². The first-order valence-corrected chi connectivity index (χ1v) is 10.7. The summed E-state index contributed by atoms with van der Waals surface area (Å²) in [5.74, 6) is 0.186. The Balaban J connectivity index is 1.53. The average molecular weight is 448 g/mol. The highest BCUT2D eigenvalue weighted by Gasteiger charge is 2.10. The molecule has 6 nitrogen and oxygen atoms in total. The van der Waals surface area contributed by atoms with Crippen molar-refractivity contribution in [2.45, 2.75) is 19.9 Å². The Morgan fingerprint density at radius 3 is 2.34 bits per heavy atom. The smallest absolute Gasteiger partial charge is 0.257 e. The maximum absolute atomic E-state index is 12.5. The third-order valence-electron chi connectivity index (χ3n) is 4.49. The summed E-state index contributed by atoms with van der Waals surface area (Å²) in [6, 6.07) is 23.5. The minimum Gasteiger partial charge on any atom is -0.494 e. The minimum atomic E-state index is -0.332. The maximum Gasteiger partial charge on any atom is 0.257 e. The highest BCUT2D eigenvalue weighted by atomic mass is 32.1. The van der Waals surface area contributed by atoms with Crippen molar-refractivity contribution in [3.8, 4) is 5.75 Å². The predicted molar refractivity (Wildman–Crippen MR) is 130 cm³/mol. The van der Waals surface area contributed by atoms with Crippen LogP contribution in [-0.4, -0.2) is 23.5 Å². The van der Waals surface area contributed by atoms with Gasteiger partial charge in [-0.1, -0.05) is 43.3 Å². The number of amides is 2. The molecule has 0 aliphatic heterocycles. The lowest BCUT2D eigenvalue weighted by molar-refractivity contribution is 0.0948. The van der Waals surface area contributed by atoms with Crippen molar-refractivity contribution in [1.29, 1.82) is 0 Å². The van der Waals surface area contributed by atoms with E-state index in [-0.39, 0.29) is 16.9 Å². The number of hydrogen-bond donors (Lipinski definition) is 3. The number of nitrogens with one attached hydrogen (secondary N) is 3. The molecule has 164 valence electrons. The van der Waals surface area contributed by atoms with Crippen molar-refractivity contribution in [1.82, 2.24) is 10.6 Å². The molecule has 0 saturated heterocycles. The van der Waals surface area contributed by atoms with Crippen LogP contribution in [0, 0.1) is 0 Å². The summed E-state index contributed by atoms with van der Waals surface area (Å²) >= 11 is 5.25. The molecule has 0 aliphatic carbocycles. The van der Waals surface area contributed by atoms with Crippen LogP contribution in [0.4, 0.5) is 5.69 Å². The SMILES string of the molecule is CCCOc1ccc(C(=O)NC(=S)Nc2cccc(C(=O)NCc3ccccc3)c2)cc1. The van der Waals surface area contributed by atoms with Gasteiger partial charge in [0.1, 0.15) is 5.75 Å². The first-order valence-electron chi connectivity index (χ1n) is 10.3. The molecule has 0 heterocycles. The molecule has 0 atom stereocenters. The standard InChI is InChI=1S/C25H25N3O3S/c1-2-15-31-22-13-11-19(12-14-22)24(30)28-25(32)27-21-10-6-9-20(16-21)23(29)26-17-18-7-4-3-5-8-18/h3-14,16H,2,15,17H2,1H3,(H,26,29)(H2,27,28,30,32). The quantitative estimate of drug-likeness (QED) is 0.442. The van der Waals surface area contributed by atoms with Gasteiger partial charge in [0, 0.05) is 23.4 Å². The van der Waals surface area contributed by atoms with Crippen molar-refractivity contribution in [3.05, 3.63) is 95.6 Å². The van der Waals surface area contributed by atoms with Crippen molar-refractivity contribution >= 4 is 34.8 Å². The second-order valence-electron chi connectivity index (χ2n) is 7.03. The molecule has 0 spiro atoms. The number of ether oxygens (including phenoxy) is 1. The molecule has 0 bridgehead atoms. The van der Waals surface area contributed by atoms with Crippen LogP contribution in [0.3, 0.4) is 0 Å². The number of carbonyl (C=O) groups is 2. The van der Waals surface area contributed by atoms with Gasteiger partial charge in [-0.25, -0.2) is 0 Å². The highest BCUT2D eigenvalue weighted by Crippen LogP contribution is 2.13. The summed E-state index contributed by atoms with van der Waals surface area (Å²) < 4.78 is 5.52. The van der Waals surface area contributed by atoms with Gasteiger partial charge >= 0.3 is 0 Å². The zero-order chi connectivity index (χ0) is 22.8. The first kappa shape index (κ1) is 23.0. The largest absolute Gasteiger partial charge is 0.494 e. The van der Waals surface area contributed by atoms with Gasteiger partial charge in [-0.15, -0.1) is 0 Å². The number of benzene rings is 3. The summed E-state index contributed by atoms with van der Waals surface area (Å²) in [6.07, 6.45) is 0.915. The van der Waals surface area contributed by atoms with Crippen molar-refractivity contribution in [2.24, 2.45) is 0 Å². The summed E-state index contributed by atoms with van der Waals surface area (Å²) in [7, 11) is 0. The Morgan fingerprint density at radius 1 is 0.875 bits per heavy atom. The molecule has 0 radical (unpaired) electrons. The molecule has 0 aromatic heterocycles. The number of thiocarbonyl (C=S) groups is 1. The number of hydrogen-bond acceptors (Lipinski definition) is 4. The third-order valence-corrected chi connectivity index (χ3v) is 4.70. The van der Waals surface area contributed by atoms with Gasteiger partial charge in [0.2, 0.25) is 0 Å². The Kier molecular flexibility index (Phi) is 8.34. The fraction of sp³-hybridized carbons (Fsp3) is 0.160. The monoisotopic (exact) mass is 447 g/mol. The molecule has 0 unspecified atom stereocenters. The molecule has 0 aliphatic rings. The fourth-order valence-corrected chi connectivity index (χ4v) is 3.09. The van der Waals surface area contributed by atoms with Crippen LogP contribution in [0.2, 0.25) is 0 Å². The maximum atomic E-state index is 12.5. The van der Waals surface area contributed by atoms with E-state index in [0.717, 1.165) is 12.0 Å². The average Bonchev–Trinajstić information content (AvgIpc) is 2.82. The van der Waals surface area contributed by atoms with Gasteiger partial charge in [0.25, 0.3) is 11.8 Å². The van der Waals surface area contributed by atoms with Crippen molar-refractivity contribution in [2.75, 3.05) is 11.9 Å². The molecule has 3 aromatic carbocycles.